The number of amides is 2. The molecule has 39 heavy (non-hydrogen) atoms. The SMILES string of the molecule is CCOC(=O)c1cccc(Oc2ncccc2C(=O)NCc2ccc(CNC(=O)c3cccc(O)c3)cc2)c1. The quantitative estimate of drug-likeness (QED) is 0.258. The van der Waals surface area contributed by atoms with Crippen LogP contribution in [0, 0.1) is 0 Å². The van der Waals surface area contributed by atoms with Crippen LogP contribution in [0.15, 0.2) is 91.1 Å². The third-order valence-corrected chi connectivity index (χ3v) is 5.61. The van der Waals surface area contributed by atoms with E-state index in [0.717, 1.165) is 11.1 Å². The zero-order chi connectivity index (χ0) is 27.6. The van der Waals surface area contributed by atoms with Crippen molar-refractivity contribution in [2.75, 3.05) is 6.61 Å². The molecule has 2 amide bonds. The van der Waals surface area contributed by atoms with Crippen LogP contribution in [0.1, 0.15) is 49.1 Å². The molecular weight excluding hydrogens is 498 g/mol. The van der Waals surface area contributed by atoms with Gasteiger partial charge < -0.3 is 25.2 Å². The van der Waals surface area contributed by atoms with Crippen molar-refractivity contribution >= 4 is 17.8 Å². The standard InChI is InChI=1S/C30H27N3O6/c1-2-38-30(37)23-7-4-9-25(17-23)39-29-26(10-5-15-31-29)28(36)33-19-21-13-11-20(12-14-21)18-32-27(35)22-6-3-8-24(34)16-22/h3-17,34H,2,18-19H2,1H3,(H,32,35)(H,33,36). The van der Waals surface area contributed by atoms with Gasteiger partial charge in [0.15, 0.2) is 0 Å². The van der Waals surface area contributed by atoms with E-state index in [-0.39, 0.29) is 42.2 Å². The topological polar surface area (TPSA) is 127 Å². The lowest BCUT2D eigenvalue weighted by Crippen LogP contribution is -2.24. The van der Waals surface area contributed by atoms with Crippen LogP contribution < -0.4 is 15.4 Å². The lowest BCUT2D eigenvalue weighted by Gasteiger charge is -2.11. The number of nitrogens with one attached hydrogen (secondary N) is 2. The number of aromatic hydroxyl groups is 1. The van der Waals surface area contributed by atoms with E-state index in [2.05, 4.69) is 15.6 Å². The van der Waals surface area contributed by atoms with Gasteiger partial charge in [0.2, 0.25) is 5.88 Å². The lowest BCUT2D eigenvalue weighted by molar-refractivity contribution is 0.0525. The fraction of sp³-hybridized carbons (Fsp3) is 0.133. The van der Waals surface area contributed by atoms with E-state index < -0.39 is 5.97 Å². The Morgan fingerprint density at radius 3 is 2.15 bits per heavy atom. The molecule has 198 valence electrons. The molecule has 9 nitrogen and oxygen atoms in total. The fourth-order valence-electron chi connectivity index (χ4n) is 3.64. The smallest absolute Gasteiger partial charge is 0.338 e. The van der Waals surface area contributed by atoms with Gasteiger partial charge in [-0.25, -0.2) is 9.78 Å². The highest BCUT2D eigenvalue weighted by Crippen LogP contribution is 2.24. The molecule has 1 aromatic heterocycles. The van der Waals surface area contributed by atoms with Gasteiger partial charge in [-0.2, -0.15) is 0 Å². The Labute approximate surface area is 225 Å². The van der Waals surface area contributed by atoms with E-state index >= 15 is 0 Å². The Kier molecular flexibility index (Phi) is 8.87. The zero-order valence-corrected chi connectivity index (χ0v) is 21.2. The molecule has 0 unspecified atom stereocenters. The number of carbonyl (C=O) groups is 3. The summed E-state index contributed by atoms with van der Waals surface area (Å²) in [6.07, 6.45) is 1.51. The number of ether oxygens (including phenoxy) is 2. The number of hydrogen-bond acceptors (Lipinski definition) is 7. The van der Waals surface area contributed by atoms with E-state index in [1.165, 1.54) is 24.4 Å². The summed E-state index contributed by atoms with van der Waals surface area (Å²) in [6.45, 7) is 2.57. The molecule has 0 aliphatic carbocycles. The first-order valence-electron chi connectivity index (χ1n) is 12.3. The van der Waals surface area contributed by atoms with Crippen molar-refractivity contribution in [1.29, 1.82) is 0 Å². The van der Waals surface area contributed by atoms with Crippen molar-refractivity contribution in [3.8, 4) is 17.4 Å². The molecule has 0 spiro atoms. The van der Waals surface area contributed by atoms with Gasteiger partial charge in [0.25, 0.3) is 11.8 Å². The molecule has 0 saturated heterocycles. The maximum Gasteiger partial charge on any atom is 0.338 e. The number of phenols is 1. The monoisotopic (exact) mass is 525 g/mol. The minimum absolute atomic E-state index is 0.0298. The second-order valence-electron chi connectivity index (χ2n) is 8.44. The van der Waals surface area contributed by atoms with Crippen molar-refractivity contribution in [3.05, 3.63) is 119 Å². The van der Waals surface area contributed by atoms with Crippen LogP contribution in [0.4, 0.5) is 0 Å². The maximum absolute atomic E-state index is 12.9. The highest BCUT2D eigenvalue weighted by molar-refractivity contribution is 5.96. The summed E-state index contributed by atoms with van der Waals surface area (Å²) >= 11 is 0. The highest BCUT2D eigenvalue weighted by Gasteiger charge is 2.15. The minimum atomic E-state index is -0.466. The Morgan fingerprint density at radius 2 is 1.46 bits per heavy atom. The molecule has 0 aliphatic heterocycles. The molecule has 9 heteroatoms. The summed E-state index contributed by atoms with van der Waals surface area (Å²) in [5.41, 5.74) is 2.69. The van der Waals surface area contributed by atoms with Crippen LogP contribution in [0.5, 0.6) is 17.4 Å². The van der Waals surface area contributed by atoms with Crippen LogP contribution in [-0.4, -0.2) is 34.5 Å². The Morgan fingerprint density at radius 1 is 0.795 bits per heavy atom. The zero-order valence-electron chi connectivity index (χ0n) is 21.2. The van der Waals surface area contributed by atoms with Gasteiger partial charge in [-0.3, -0.25) is 9.59 Å². The van der Waals surface area contributed by atoms with Gasteiger partial charge in [-0.15, -0.1) is 0 Å². The second-order valence-corrected chi connectivity index (χ2v) is 8.44. The summed E-state index contributed by atoms with van der Waals surface area (Å²) in [4.78, 5) is 41.4. The van der Waals surface area contributed by atoms with Gasteiger partial charge in [-0.1, -0.05) is 36.4 Å². The molecule has 0 fully saturated rings. The van der Waals surface area contributed by atoms with Crippen molar-refractivity contribution < 1.29 is 29.0 Å². The van der Waals surface area contributed by atoms with Gasteiger partial charge in [0.1, 0.15) is 17.1 Å². The van der Waals surface area contributed by atoms with Crippen molar-refractivity contribution in [2.45, 2.75) is 20.0 Å². The van der Waals surface area contributed by atoms with E-state index in [1.54, 1.807) is 49.4 Å². The van der Waals surface area contributed by atoms with Crippen LogP contribution in [0.3, 0.4) is 0 Å². The van der Waals surface area contributed by atoms with Crippen LogP contribution >= 0.6 is 0 Å². The molecule has 0 radical (unpaired) electrons. The number of rotatable bonds is 10. The summed E-state index contributed by atoms with van der Waals surface area (Å²) in [5, 5.41) is 15.2. The Hall–Kier alpha value is -5.18. The Balaban J connectivity index is 1.33. The van der Waals surface area contributed by atoms with Crippen LogP contribution in [0.2, 0.25) is 0 Å². The predicted octanol–water partition coefficient (Wildman–Crippen LogP) is 4.62. The highest BCUT2D eigenvalue weighted by atomic mass is 16.5. The van der Waals surface area contributed by atoms with Crippen molar-refractivity contribution in [3.63, 3.8) is 0 Å². The normalized spacial score (nSPS) is 10.4. The predicted molar refractivity (Wildman–Crippen MR) is 144 cm³/mol. The molecule has 3 N–H and O–H groups in total. The molecule has 1 heterocycles. The average molecular weight is 526 g/mol. The number of benzene rings is 3. The van der Waals surface area contributed by atoms with E-state index in [0.29, 0.717) is 23.4 Å². The first-order valence-corrected chi connectivity index (χ1v) is 12.3. The fourth-order valence-corrected chi connectivity index (χ4v) is 3.64. The summed E-state index contributed by atoms with van der Waals surface area (Å²) < 4.78 is 10.8. The van der Waals surface area contributed by atoms with Crippen LogP contribution in [0.25, 0.3) is 0 Å². The molecule has 4 aromatic rings. The number of aromatic nitrogens is 1. The number of carbonyl (C=O) groups excluding carboxylic acids is 3. The molecular formula is C30H27N3O6. The molecule has 0 bridgehead atoms. The lowest BCUT2D eigenvalue weighted by atomic mass is 10.1. The molecule has 0 saturated carbocycles. The van der Waals surface area contributed by atoms with Gasteiger partial charge >= 0.3 is 5.97 Å². The number of nitrogens with zero attached hydrogens (tertiary/aromatic N) is 1. The van der Waals surface area contributed by atoms with E-state index in [9.17, 15) is 19.5 Å². The number of pyridine rings is 1. The molecule has 0 aliphatic rings. The molecule has 3 aromatic carbocycles. The van der Waals surface area contributed by atoms with Crippen LogP contribution in [-0.2, 0) is 17.8 Å². The first kappa shape index (κ1) is 26.9. The molecule has 0 atom stereocenters. The van der Waals surface area contributed by atoms with E-state index in [4.69, 9.17) is 9.47 Å². The third-order valence-electron chi connectivity index (χ3n) is 5.61. The number of esters is 1. The van der Waals surface area contributed by atoms with Gasteiger partial charge in [-0.05, 0) is 66.6 Å². The average Bonchev–Trinajstić information content (AvgIpc) is 2.96. The number of phenolic OH excluding ortho intramolecular Hbond substituents is 1. The van der Waals surface area contributed by atoms with Gasteiger partial charge in [0.05, 0.1) is 12.2 Å². The summed E-state index contributed by atoms with van der Waals surface area (Å²) in [7, 11) is 0. The first-order chi connectivity index (χ1) is 18.9. The van der Waals surface area contributed by atoms with Crippen molar-refractivity contribution in [2.24, 2.45) is 0 Å². The minimum Gasteiger partial charge on any atom is -0.508 e. The van der Waals surface area contributed by atoms with E-state index in [1.807, 2.05) is 24.3 Å². The third kappa shape index (κ3) is 7.42. The summed E-state index contributed by atoms with van der Waals surface area (Å²) in [6, 6.07) is 23.3. The van der Waals surface area contributed by atoms with Crippen molar-refractivity contribution in [1.82, 2.24) is 15.6 Å². The second kappa shape index (κ2) is 12.9. The Bertz CT molecular complexity index is 1470. The maximum atomic E-state index is 12.9. The molecule has 4 rings (SSSR count). The number of hydrogen-bond donors (Lipinski definition) is 3. The largest absolute Gasteiger partial charge is 0.508 e. The summed E-state index contributed by atoms with van der Waals surface area (Å²) in [5.74, 6) is -0.644. The van der Waals surface area contributed by atoms with Gasteiger partial charge in [0, 0.05) is 24.8 Å².